The van der Waals surface area contributed by atoms with Gasteiger partial charge in [0.25, 0.3) is 0 Å². The molecule has 2 fully saturated rings. The number of carbonyl (C=O) groups is 2. The van der Waals surface area contributed by atoms with Gasteiger partial charge in [0.2, 0.25) is 11.8 Å². The fourth-order valence-corrected chi connectivity index (χ4v) is 3.24. The summed E-state index contributed by atoms with van der Waals surface area (Å²) in [7, 11) is 0. The number of piperazine rings is 1. The van der Waals surface area contributed by atoms with Crippen molar-refractivity contribution in [2.24, 2.45) is 0 Å². The average molecular weight is 352 g/mol. The minimum Gasteiger partial charge on any atom is -0.378 e. The predicted octanol–water partition coefficient (Wildman–Crippen LogP) is 1.24. The third-order valence-electron chi connectivity index (χ3n) is 4.47. The third-order valence-corrected chi connectivity index (χ3v) is 4.71. The molecule has 2 aliphatic rings. The molecule has 24 heavy (non-hydrogen) atoms. The molecule has 0 saturated carbocycles. The number of halogens is 1. The van der Waals surface area contributed by atoms with E-state index in [0.717, 1.165) is 18.8 Å². The first-order chi connectivity index (χ1) is 11.6. The Morgan fingerprint density at radius 1 is 0.958 bits per heavy atom. The van der Waals surface area contributed by atoms with Crippen LogP contribution in [0.1, 0.15) is 6.42 Å². The molecule has 2 amide bonds. The van der Waals surface area contributed by atoms with Gasteiger partial charge in [0, 0.05) is 50.0 Å². The third kappa shape index (κ3) is 4.19. The quantitative estimate of drug-likeness (QED) is 0.769. The van der Waals surface area contributed by atoms with Crippen LogP contribution in [0.15, 0.2) is 24.3 Å². The molecule has 0 aromatic heterocycles. The van der Waals surface area contributed by atoms with Crippen molar-refractivity contribution in [3.8, 4) is 0 Å². The molecule has 2 saturated heterocycles. The lowest BCUT2D eigenvalue weighted by Gasteiger charge is -2.36. The van der Waals surface area contributed by atoms with Gasteiger partial charge in [-0.25, -0.2) is 0 Å². The number of carbonyl (C=O) groups excluding carboxylic acids is 2. The maximum absolute atomic E-state index is 12.4. The molecule has 1 aromatic rings. The van der Waals surface area contributed by atoms with E-state index < -0.39 is 0 Å². The predicted molar refractivity (Wildman–Crippen MR) is 92.3 cm³/mol. The Labute approximate surface area is 146 Å². The fraction of sp³-hybridized carbons (Fsp3) is 0.529. The number of ether oxygens (including phenoxy) is 1. The van der Waals surface area contributed by atoms with Gasteiger partial charge in [-0.1, -0.05) is 17.7 Å². The second-order valence-electron chi connectivity index (χ2n) is 6.02. The van der Waals surface area contributed by atoms with Gasteiger partial charge >= 0.3 is 0 Å². The smallest absolute Gasteiger partial charge is 0.232 e. The second kappa shape index (κ2) is 7.85. The summed E-state index contributed by atoms with van der Waals surface area (Å²) in [6.07, 6.45) is -0.0445. The van der Waals surface area contributed by atoms with E-state index in [9.17, 15) is 9.59 Å². The first-order valence-electron chi connectivity index (χ1n) is 8.27. The Morgan fingerprint density at radius 2 is 1.58 bits per heavy atom. The lowest BCUT2D eigenvalue weighted by Crippen LogP contribution is -2.50. The molecule has 0 aliphatic carbocycles. The van der Waals surface area contributed by atoms with Crippen molar-refractivity contribution in [2.45, 2.75) is 6.42 Å². The molecule has 0 radical (unpaired) electrons. The molecular formula is C17H22ClN3O3. The second-order valence-corrected chi connectivity index (χ2v) is 6.45. The zero-order valence-electron chi connectivity index (χ0n) is 13.6. The van der Waals surface area contributed by atoms with Gasteiger partial charge < -0.3 is 19.4 Å². The van der Waals surface area contributed by atoms with Gasteiger partial charge in [0.05, 0.1) is 13.2 Å². The highest BCUT2D eigenvalue weighted by Gasteiger charge is 2.25. The van der Waals surface area contributed by atoms with E-state index in [4.69, 9.17) is 16.3 Å². The maximum atomic E-state index is 12.4. The molecule has 0 unspecified atom stereocenters. The van der Waals surface area contributed by atoms with Gasteiger partial charge in [0.1, 0.15) is 6.42 Å². The number of hydrogen-bond acceptors (Lipinski definition) is 4. The van der Waals surface area contributed by atoms with Crippen LogP contribution >= 0.6 is 11.6 Å². The molecule has 0 atom stereocenters. The van der Waals surface area contributed by atoms with Gasteiger partial charge in [-0.05, 0) is 18.2 Å². The van der Waals surface area contributed by atoms with Gasteiger partial charge in [-0.15, -0.1) is 0 Å². The SMILES string of the molecule is O=C(CC(=O)N1CCN(c2cccc(Cl)c2)CC1)N1CCOCC1. The van der Waals surface area contributed by atoms with Gasteiger partial charge in [0.15, 0.2) is 0 Å². The number of benzene rings is 1. The Hall–Kier alpha value is -1.79. The van der Waals surface area contributed by atoms with Crippen LogP contribution in [0.4, 0.5) is 5.69 Å². The summed E-state index contributed by atoms with van der Waals surface area (Å²) in [6, 6.07) is 7.73. The molecule has 130 valence electrons. The minimum absolute atomic E-state index is 0.0445. The highest BCUT2D eigenvalue weighted by atomic mass is 35.5. The topological polar surface area (TPSA) is 53.1 Å². The van der Waals surface area contributed by atoms with Crippen molar-refractivity contribution in [1.29, 1.82) is 0 Å². The lowest BCUT2D eigenvalue weighted by atomic mass is 10.2. The van der Waals surface area contributed by atoms with Crippen LogP contribution in [0.2, 0.25) is 5.02 Å². The summed E-state index contributed by atoms with van der Waals surface area (Å²) in [5.74, 6) is -0.183. The van der Waals surface area contributed by atoms with Gasteiger partial charge in [-0.2, -0.15) is 0 Å². The van der Waals surface area contributed by atoms with Gasteiger partial charge in [-0.3, -0.25) is 9.59 Å². The van der Waals surface area contributed by atoms with Crippen LogP contribution in [-0.4, -0.2) is 74.1 Å². The Kier molecular flexibility index (Phi) is 5.58. The maximum Gasteiger partial charge on any atom is 0.232 e. The zero-order valence-corrected chi connectivity index (χ0v) is 14.4. The summed E-state index contributed by atoms with van der Waals surface area (Å²) in [5, 5.41) is 0.710. The molecular weight excluding hydrogens is 330 g/mol. The Morgan fingerprint density at radius 3 is 2.21 bits per heavy atom. The van der Waals surface area contributed by atoms with Crippen LogP contribution in [-0.2, 0) is 14.3 Å². The molecule has 0 bridgehead atoms. The van der Waals surface area contributed by atoms with Crippen LogP contribution in [0.25, 0.3) is 0 Å². The molecule has 1 aromatic carbocycles. The molecule has 0 spiro atoms. The van der Waals surface area contributed by atoms with Crippen molar-refractivity contribution in [3.63, 3.8) is 0 Å². The fourth-order valence-electron chi connectivity index (χ4n) is 3.05. The Bertz CT molecular complexity index is 596. The normalized spacial score (nSPS) is 18.6. The summed E-state index contributed by atoms with van der Waals surface area (Å²) < 4.78 is 5.23. The van der Waals surface area contributed by atoms with E-state index in [1.807, 2.05) is 24.3 Å². The number of hydrogen-bond donors (Lipinski definition) is 0. The monoisotopic (exact) mass is 351 g/mol. The van der Waals surface area contributed by atoms with Crippen LogP contribution in [0, 0.1) is 0 Å². The molecule has 7 heteroatoms. The van der Waals surface area contributed by atoms with E-state index in [1.54, 1.807) is 9.80 Å². The van der Waals surface area contributed by atoms with E-state index in [1.165, 1.54) is 0 Å². The largest absolute Gasteiger partial charge is 0.378 e. The molecule has 2 aliphatic heterocycles. The lowest BCUT2D eigenvalue weighted by molar-refractivity contribution is -0.143. The molecule has 3 rings (SSSR count). The van der Waals surface area contributed by atoms with Crippen molar-refractivity contribution in [2.75, 3.05) is 57.4 Å². The first kappa shape index (κ1) is 17.0. The molecule has 2 heterocycles. The molecule has 0 N–H and O–H groups in total. The standard InChI is InChI=1S/C17H22ClN3O3/c18-14-2-1-3-15(12-14)19-4-6-20(7-5-19)16(22)13-17(23)21-8-10-24-11-9-21/h1-3,12H,4-11,13H2. The van der Waals surface area contributed by atoms with Crippen LogP contribution in [0.3, 0.4) is 0 Å². The average Bonchev–Trinajstić information content (AvgIpc) is 2.62. The number of nitrogens with zero attached hydrogens (tertiary/aromatic N) is 3. The van der Waals surface area contributed by atoms with Crippen LogP contribution in [0.5, 0.6) is 0 Å². The van der Waals surface area contributed by atoms with E-state index in [-0.39, 0.29) is 18.2 Å². The van der Waals surface area contributed by atoms with Crippen molar-refractivity contribution in [1.82, 2.24) is 9.80 Å². The summed E-state index contributed by atoms with van der Waals surface area (Å²) in [4.78, 5) is 30.2. The number of anilines is 1. The number of morpholine rings is 1. The van der Waals surface area contributed by atoms with E-state index in [2.05, 4.69) is 4.90 Å². The van der Waals surface area contributed by atoms with Crippen molar-refractivity contribution in [3.05, 3.63) is 29.3 Å². The first-order valence-corrected chi connectivity index (χ1v) is 8.65. The Balaban J connectivity index is 1.49. The summed E-state index contributed by atoms with van der Waals surface area (Å²) >= 11 is 6.03. The van der Waals surface area contributed by atoms with E-state index >= 15 is 0 Å². The summed E-state index contributed by atoms with van der Waals surface area (Å²) in [5.41, 5.74) is 1.07. The highest BCUT2D eigenvalue weighted by Crippen LogP contribution is 2.21. The zero-order chi connectivity index (χ0) is 16.9. The number of amides is 2. The highest BCUT2D eigenvalue weighted by molar-refractivity contribution is 6.30. The summed E-state index contributed by atoms with van der Waals surface area (Å²) in [6.45, 7) is 5.01. The van der Waals surface area contributed by atoms with Crippen LogP contribution < -0.4 is 4.90 Å². The van der Waals surface area contributed by atoms with Crippen molar-refractivity contribution >= 4 is 29.1 Å². The van der Waals surface area contributed by atoms with Crippen molar-refractivity contribution < 1.29 is 14.3 Å². The molecule has 6 nitrogen and oxygen atoms in total. The van der Waals surface area contributed by atoms with E-state index in [0.29, 0.717) is 44.4 Å². The minimum atomic E-state index is -0.0967. The number of rotatable bonds is 3.